The van der Waals surface area contributed by atoms with Crippen molar-refractivity contribution in [2.45, 2.75) is 0 Å². The fraction of sp³-hybridized carbons (Fsp3) is 0.0588. The molecule has 8 heteroatoms. The Morgan fingerprint density at radius 3 is 2.64 bits per heavy atom. The van der Waals surface area contributed by atoms with Crippen molar-refractivity contribution in [3.05, 3.63) is 61.4 Å². The first kappa shape index (κ1) is 18.7. The number of thioether (sulfide) groups is 1. The highest BCUT2D eigenvalue weighted by atomic mass is 79.9. The normalized spacial score (nSPS) is 16.0. The highest BCUT2D eigenvalue weighted by molar-refractivity contribution is 9.10. The van der Waals surface area contributed by atoms with Crippen LogP contribution in [-0.2, 0) is 4.79 Å². The van der Waals surface area contributed by atoms with Crippen LogP contribution in [0.4, 0.5) is 5.69 Å². The molecular weight excluding hydrogens is 465 g/mol. The van der Waals surface area contributed by atoms with Crippen LogP contribution in [0.5, 0.6) is 5.75 Å². The van der Waals surface area contributed by atoms with Gasteiger partial charge in [-0.1, -0.05) is 53.2 Å². The minimum atomic E-state index is -0.217. The lowest BCUT2D eigenvalue weighted by molar-refractivity contribution is -0.113. The van der Waals surface area contributed by atoms with Crippen molar-refractivity contribution in [1.29, 1.82) is 0 Å². The standard InChI is InChI=1S/C17H10BrCl2NO2S2/c1-23-14-5-2-9(6-11(14)18)7-15-16(22)21(17(24)25-15)13-4-3-10(19)8-12(13)20/h2-8H,1H3/b15-7+. The Labute approximate surface area is 173 Å². The Morgan fingerprint density at radius 1 is 1.24 bits per heavy atom. The van der Waals surface area contributed by atoms with Gasteiger partial charge in [0.15, 0.2) is 4.32 Å². The quantitative estimate of drug-likeness (QED) is 0.393. The van der Waals surface area contributed by atoms with Gasteiger partial charge in [-0.3, -0.25) is 9.69 Å². The number of carbonyl (C=O) groups excluding carboxylic acids is 1. The summed E-state index contributed by atoms with van der Waals surface area (Å²) in [6, 6.07) is 10.5. The van der Waals surface area contributed by atoms with E-state index in [-0.39, 0.29) is 5.91 Å². The molecule has 1 aliphatic rings. The SMILES string of the molecule is COc1ccc(/C=C2/SC(=S)N(c3ccc(Cl)cc3Cl)C2=O)cc1Br. The van der Waals surface area contributed by atoms with Crippen LogP contribution in [0.2, 0.25) is 10.0 Å². The summed E-state index contributed by atoms with van der Waals surface area (Å²) >= 11 is 22.2. The number of amides is 1. The van der Waals surface area contributed by atoms with Crippen molar-refractivity contribution >= 4 is 85.1 Å². The Balaban J connectivity index is 1.94. The van der Waals surface area contributed by atoms with Gasteiger partial charge in [0.2, 0.25) is 0 Å². The first-order chi connectivity index (χ1) is 11.9. The zero-order chi connectivity index (χ0) is 18.1. The van der Waals surface area contributed by atoms with Crippen LogP contribution in [0.1, 0.15) is 5.56 Å². The minimum absolute atomic E-state index is 0.217. The van der Waals surface area contributed by atoms with Gasteiger partial charge in [0.05, 0.1) is 27.2 Å². The van der Waals surface area contributed by atoms with Crippen LogP contribution < -0.4 is 9.64 Å². The molecule has 2 aromatic rings. The largest absolute Gasteiger partial charge is 0.496 e. The molecule has 0 unspecified atom stereocenters. The van der Waals surface area contributed by atoms with Crippen molar-refractivity contribution in [1.82, 2.24) is 0 Å². The average Bonchev–Trinajstić information content (AvgIpc) is 2.82. The van der Waals surface area contributed by atoms with Crippen LogP contribution in [-0.4, -0.2) is 17.3 Å². The number of anilines is 1. The number of carbonyl (C=O) groups is 1. The van der Waals surface area contributed by atoms with Gasteiger partial charge in [-0.25, -0.2) is 0 Å². The molecule has 0 aromatic heterocycles. The van der Waals surface area contributed by atoms with Crippen LogP contribution in [0.15, 0.2) is 45.8 Å². The molecular formula is C17H10BrCl2NO2S2. The van der Waals surface area contributed by atoms with Gasteiger partial charge in [0.1, 0.15) is 5.75 Å². The smallest absolute Gasteiger partial charge is 0.270 e. The van der Waals surface area contributed by atoms with Crippen molar-refractivity contribution in [2.75, 3.05) is 12.0 Å². The number of hydrogen-bond acceptors (Lipinski definition) is 4. The lowest BCUT2D eigenvalue weighted by Gasteiger charge is -2.16. The third kappa shape index (κ3) is 3.88. The summed E-state index contributed by atoms with van der Waals surface area (Å²) in [5.41, 5.74) is 1.38. The van der Waals surface area contributed by atoms with E-state index in [4.69, 9.17) is 40.2 Å². The van der Waals surface area contributed by atoms with Crippen LogP contribution >= 0.6 is 63.1 Å². The van der Waals surface area contributed by atoms with E-state index in [2.05, 4.69) is 15.9 Å². The number of methoxy groups -OCH3 is 1. The highest BCUT2D eigenvalue weighted by Gasteiger charge is 2.34. The zero-order valence-corrected chi connectivity index (χ0v) is 17.5. The molecule has 1 saturated heterocycles. The summed E-state index contributed by atoms with van der Waals surface area (Å²) in [5, 5.41) is 0.870. The minimum Gasteiger partial charge on any atom is -0.496 e. The van der Waals surface area contributed by atoms with Gasteiger partial charge >= 0.3 is 0 Å². The number of nitrogens with zero attached hydrogens (tertiary/aromatic N) is 1. The molecule has 1 fully saturated rings. The molecule has 1 heterocycles. The molecule has 0 saturated carbocycles. The van der Waals surface area contributed by atoms with Crippen LogP contribution in [0.3, 0.4) is 0 Å². The van der Waals surface area contributed by atoms with E-state index in [9.17, 15) is 4.79 Å². The maximum absolute atomic E-state index is 12.8. The summed E-state index contributed by atoms with van der Waals surface area (Å²) in [5.74, 6) is 0.504. The average molecular weight is 475 g/mol. The van der Waals surface area contributed by atoms with Gasteiger partial charge in [0.25, 0.3) is 5.91 Å². The number of thiocarbonyl (C=S) groups is 1. The molecule has 0 radical (unpaired) electrons. The van der Waals surface area contributed by atoms with E-state index >= 15 is 0 Å². The number of benzene rings is 2. The first-order valence-corrected chi connectivity index (χ1v) is 9.74. The second-order valence-corrected chi connectivity index (χ2v) is 8.38. The molecule has 3 nitrogen and oxygen atoms in total. The number of ether oxygens (including phenoxy) is 1. The van der Waals surface area contributed by atoms with Crippen LogP contribution in [0, 0.1) is 0 Å². The van der Waals surface area contributed by atoms with Gasteiger partial charge in [0, 0.05) is 5.02 Å². The maximum Gasteiger partial charge on any atom is 0.270 e. The molecule has 128 valence electrons. The van der Waals surface area contributed by atoms with Gasteiger partial charge in [-0.15, -0.1) is 0 Å². The van der Waals surface area contributed by atoms with Crippen molar-refractivity contribution < 1.29 is 9.53 Å². The second kappa shape index (κ2) is 7.68. The van der Waals surface area contributed by atoms with Gasteiger partial charge < -0.3 is 4.74 Å². The van der Waals surface area contributed by atoms with Crippen molar-refractivity contribution in [3.63, 3.8) is 0 Å². The molecule has 0 bridgehead atoms. The molecule has 3 rings (SSSR count). The molecule has 1 aliphatic heterocycles. The Bertz CT molecular complexity index is 918. The zero-order valence-electron chi connectivity index (χ0n) is 12.8. The van der Waals surface area contributed by atoms with Gasteiger partial charge in [-0.05, 0) is 57.9 Å². The fourth-order valence-corrected chi connectivity index (χ4v) is 4.60. The lowest BCUT2D eigenvalue weighted by Crippen LogP contribution is -2.27. The van der Waals surface area contributed by atoms with Crippen molar-refractivity contribution in [3.8, 4) is 5.75 Å². The number of rotatable bonds is 3. The van der Waals surface area contributed by atoms with E-state index in [1.165, 1.54) is 16.7 Å². The predicted molar refractivity (Wildman–Crippen MR) is 113 cm³/mol. The first-order valence-electron chi connectivity index (χ1n) is 6.97. The van der Waals surface area contributed by atoms with Crippen LogP contribution in [0.25, 0.3) is 6.08 Å². The third-order valence-corrected chi connectivity index (χ3v) is 5.88. The molecule has 0 aliphatic carbocycles. The lowest BCUT2D eigenvalue weighted by atomic mass is 10.2. The molecule has 2 aromatic carbocycles. The second-order valence-electron chi connectivity index (χ2n) is 5.01. The highest BCUT2D eigenvalue weighted by Crippen LogP contribution is 2.40. The molecule has 1 amide bonds. The Hall–Kier alpha value is -1.05. The summed E-state index contributed by atoms with van der Waals surface area (Å²) in [4.78, 5) is 14.7. The summed E-state index contributed by atoms with van der Waals surface area (Å²) in [6.07, 6.45) is 1.79. The maximum atomic E-state index is 12.8. The summed E-state index contributed by atoms with van der Waals surface area (Å²) in [6.45, 7) is 0. The topological polar surface area (TPSA) is 29.5 Å². The predicted octanol–water partition coefficient (Wildman–Crippen LogP) is 6.17. The fourth-order valence-electron chi connectivity index (χ4n) is 2.26. The van der Waals surface area contributed by atoms with Gasteiger partial charge in [-0.2, -0.15) is 0 Å². The van der Waals surface area contributed by atoms with Crippen molar-refractivity contribution in [2.24, 2.45) is 0 Å². The van der Waals surface area contributed by atoms with E-state index < -0.39 is 0 Å². The summed E-state index contributed by atoms with van der Waals surface area (Å²) in [7, 11) is 1.60. The van der Waals surface area contributed by atoms with E-state index in [1.54, 1.807) is 31.4 Å². The van der Waals surface area contributed by atoms with E-state index in [0.29, 0.717) is 25.0 Å². The monoisotopic (exact) mass is 473 g/mol. The molecule has 0 spiro atoms. The number of halogens is 3. The Morgan fingerprint density at radius 2 is 2.00 bits per heavy atom. The number of hydrogen-bond donors (Lipinski definition) is 0. The third-order valence-electron chi connectivity index (χ3n) is 3.42. The van der Waals surface area contributed by atoms with E-state index in [1.807, 2.05) is 18.2 Å². The Kier molecular flexibility index (Phi) is 5.75. The summed E-state index contributed by atoms with van der Waals surface area (Å²) < 4.78 is 6.44. The molecule has 25 heavy (non-hydrogen) atoms. The molecule has 0 N–H and O–H groups in total. The molecule has 0 atom stereocenters. The van der Waals surface area contributed by atoms with E-state index in [0.717, 1.165) is 15.8 Å².